The van der Waals surface area contributed by atoms with Crippen molar-refractivity contribution >= 4 is 23.6 Å². The molecule has 106 valence electrons. The molecule has 1 heterocycles. The summed E-state index contributed by atoms with van der Waals surface area (Å²) in [6.07, 6.45) is 1.66. The number of carbonyl (C=O) groups is 3. The first kappa shape index (κ1) is 14.2. The van der Waals surface area contributed by atoms with Crippen molar-refractivity contribution in [3.8, 4) is 0 Å². The summed E-state index contributed by atoms with van der Waals surface area (Å²) in [5.74, 6) is -1.74. The molecule has 1 aromatic rings. The Bertz CT molecular complexity index is 649. The number of rotatable bonds is 3. The maximum Gasteiger partial charge on any atom is 0.340 e. The molecule has 0 N–H and O–H groups in total. The number of carbonyl (C=O) groups excluding carboxylic acids is 3. The van der Waals surface area contributed by atoms with Gasteiger partial charge in [-0.1, -0.05) is 0 Å². The lowest BCUT2D eigenvalue weighted by Crippen LogP contribution is -2.22. The highest BCUT2D eigenvalue weighted by molar-refractivity contribution is 6.52. The average Bonchev–Trinajstić information content (AvgIpc) is 2.68. The Morgan fingerprint density at radius 1 is 1.20 bits per heavy atom. The molecule has 1 aliphatic rings. The number of allylic oxidation sites excluding steroid dienone is 1. The predicted molar refractivity (Wildman–Crippen MR) is 73.8 cm³/mol. The Kier molecular flexibility index (Phi) is 3.61. The number of ether oxygens (including phenoxy) is 1. The lowest BCUT2D eigenvalue weighted by molar-refractivity contribution is -0.111. The van der Waals surface area contributed by atoms with Gasteiger partial charge in [0, 0.05) is 17.8 Å². The van der Waals surface area contributed by atoms with E-state index in [0.717, 1.165) is 0 Å². The highest BCUT2D eigenvalue weighted by Gasteiger charge is 2.35. The summed E-state index contributed by atoms with van der Waals surface area (Å²) in [6.45, 7) is 7.82. The Morgan fingerprint density at radius 3 is 2.40 bits per heavy atom. The Labute approximate surface area is 117 Å². The molecule has 0 fully saturated rings. The lowest BCUT2D eigenvalue weighted by Gasteiger charge is -2.11. The van der Waals surface area contributed by atoms with Crippen LogP contribution < -0.4 is 0 Å². The first-order valence-corrected chi connectivity index (χ1v) is 6.61. The van der Waals surface area contributed by atoms with E-state index in [-0.39, 0.29) is 17.7 Å². The SMILES string of the molecule is CCOC(=O)c1c2c(n(CC)c1C)C=C(C)C(=O)C2=O. The van der Waals surface area contributed by atoms with Gasteiger partial charge >= 0.3 is 5.97 Å². The third kappa shape index (κ3) is 1.90. The smallest absolute Gasteiger partial charge is 0.340 e. The molecule has 0 atom stereocenters. The van der Waals surface area contributed by atoms with Crippen molar-refractivity contribution in [2.45, 2.75) is 34.2 Å². The maximum absolute atomic E-state index is 12.2. The fraction of sp³-hybridized carbons (Fsp3) is 0.400. The van der Waals surface area contributed by atoms with E-state index in [1.165, 1.54) is 0 Å². The van der Waals surface area contributed by atoms with Crippen LogP contribution in [0, 0.1) is 6.92 Å². The highest BCUT2D eigenvalue weighted by Crippen LogP contribution is 2.30. The summed E-state index contributed by atoms with van der Waals surface area (Å²) in [6, 6.07) is 0. The van der Waals surface area contributed by atoms with Crippen LogP contribution in [0.1, 0.15) is 52.9 Å². The second kappa shape index (κ2) is 5.07. The summed E-state index contributed by atoms with van der Waals surface area (Å²) in [7, 11) is 0. The van der Waals surface area contributed by atoms with Gasteiger partial charge in [-0.25, -0.2) is 4.79 Å². The number of aromatic nitrogens is 1. The zero-order valence-corrected chi connectivity index (χ0v) is 12.1. The van der Waals surface area contributed by atoms with Gasteiger partial charge in [-0.15, -0.1) is 0 Å². The van der Waals surface area contributed by atoms with Gasteiger partial charge in [0.2, 0.25) is 11.6 Å². The van der Waals surface area contributed by atoms with E-state index in [9.17, 15) is 14.4 Å². The maximum atomic E-state index is 12.2. The molecule has 2 rings (SSSR count). The fourth-order valence-corrected chi connectivity index (χ4v) is 2.56. The molecule has 20 heavy (non-hydrogen) atoms. The largest absolute Gasteiger partial charge is 0.462 e. The van der Waals surface area contributed by atoms with Crippen molar-refractivity contribution in [2.75, 3.05) is 6.61 Å². The first-order chi connectivity index (χ1) is 9.43. The molecule has 0 saturated carbocycles. The molecule has 0 aliphatic heterocycles. The van der Waals surface area contributed by atoms with E-state index < -0.39 is 17.5 Å². The van der Waals surface area contributed by atoms with Crippen LogP contribution in [-0.2, 0) is 16.1 Å². The van der Waals surface area contributed by atoms with Gasteiger partial charge in [0.05, 0.1) is 23.4 Å². The van der Waals surface area contributed by atoms with Crippen LogP contribution in [0.3, 0.4) is 0 Å². The van der Waals surface area contributed by atoms with E-state index in [4.69, 9.17) is 4.74 Å². The normalized spacial score (nSPS) is 14.1. The van der Waals surface area contributed by atoms with Crippen molar-refractivity contribution in [1.82, 2.24) is 4.57 Å². The third-order valence-electron chi connectivity index (χ3n) is 3.50. The van der Waals surface area contributed by atoms with Crippen molar-refractivity contribution in [3.63, 3.8) is 0 Å². The number of fused-ring (bicyclic) bond motifs is 1. The Morgan fingerprint density at radius 2 is 1.85 bits per heavy atom. The monoisotopic (exact) mass is 275 g/mol. The van der Waals surface area contributed by atoms with Crippen molar-refractivity contribution in [2.24, 2.45) is 0 Å². The molecule has 0 bridgehead atoms. The van der Waals surface area contributed by atoms with Gasteiger partial charge < -0.3 is 9.30 Å². The average molecular weight is 275 g/mol. The number of hydrogen-bond acceptors (Lipinski definition) is 4. The fourth-order valence-electron chi connectivity index (χ4n) is 2.56. The van der Waals surface area contributed by atoms with E-state index in [2.05, 4.69) is 0 Å². The van der Waals surface area contributed by atoms with Crippen LogP contribution in [0.4, 0.5) is 0 Å². The van der Waals surface area contributed by atoms with Crippen LogP contribution in [0.15, 0.2) is 5.57 Å². The number of Topliss-reactive ketones (excluding diaryl/α,β-unsaturated/α-hetero) is 2. The van der Waals surface area contributed by atoms with Crippen LogP contribution >= 0.6 is 0 Å². The Balaban J connectivity index is 2.76. The quantitative estimate of drug-likeness (QED) is 0.626. The molecule has 0 spiro atoms. The molecule has 5 heteroatoms. The Hall–Kier alpha value is -2.17. The van der Waals surface area contributed by atoms with Crippen LogP contribution in [-0.4, -0.2) is 28.7 Å². The molecule has 1 aromatic heterocycles. The lowest BCUT2D eigenvalue weighted by atomic mass is 9.92. The summed E-state index contributed by atoms with van der Waals surface area (Å²) in [5.41, 5.74) is 2.06. The van der Waals surface area contributed by atoms with Gasteiger partial charge in [0.15, 0.2) is 0 Å². The third-order valence-corrected chi connectivity index (χ3v) is 3.50. The molecule has 0 aromatic carbocycles. The van der Waals surface area contributed by atoms with Crippen molar-refractivity contribution < 1.29 is 19.1 Å². The molecule has 0 saturated heterocycles. The predicted octanol–water partition coefficient (Wildman–Crippen LogP) is 2.16. The van der Waals surface area contributed by atoms with E-state index >= 15 is 0 Å². The molecule has 1 aliphatic carbocycles. The molecular weight excluding hydrogens is 258 g/mol. The molecule has 0 unspecified atom stereocenters. The number of ketones is 2. The van der Waals surface area contributed by atoms with Crippen molar-refractivity contribution in [1.29, 1.82) is 0 Å². The van der Waals surface area contributed by atoms with Gasteiger partial charge in [-0.05, 0) is 33.8 Å². The van der Waals surface area contributed by atoms with Gasteiger partial charge in [0.1, 0.15) is 0 Å². The van der Waals surface area contributed by atoms with Crippen molar-refractivity contribution in [3.05, 3.63) is 28.1 Å². The molecule has 0 radical (unpaired) electrons. The zero-order valence-electron chi connectivity index (χ0n) is 12.1. The van der Waals surface area contributed by atoms with Gasteiger partial charge in [-0.2, -0.15) is 0 Å². The van der Waals surface area contributed by atoms with Gasteiger partial charge in [-0.3, -0.25) is 9.59 Å². The topological polar surface area (TPSA) is 65.4 Å². The second-order valence-corrected chi connectivity index (χ2v) is 4.67. The van der Waals surface area contributed by atoms with Crippen LogP contribution in [0.5, 0.6) is 0 Å². The molecule has 5 nitrogen and oxygen atoms in total. The number of hydrogen-bond donors (Lipinski definition) is 0. The van der Waals surface area contributed by atoms with Crippen LogP contribution in [0.25, 0.3) is 6.08 Å². The minimum Gasteiger partial charge on any atom is -0.462 e. The number of esters is 1. The minimum absolute atomic E-state index is 0.179. The summed E-state index contributed by atoms with van der Waals surface area (Å²) in [4.78, 5) is 36.2. The van der Waals surface area contributed by atoms with E-state index in [1.807, 2.05) is 11.5 Å². The summed E-state index contributed by atoms with van der Waals surface area (Å²) >= 11 is 0. The van der Waals surface area contributed by atoms with E-state index in [1.54, 1.807) is 26.8 Å². The highest BCUT2D eigenvalue weighted by atomic mass is 16.5. The number of nitrogens with zero attached hydrogens (tertiary/aromatic N) is 1. The van der Waals surface area contributed by atoms with E-state index in [0.29, 0.717) is 23.5 Å². The second-order valence-electron chi connectivity index (χ2n) is 4.67. The van der Waals surface area contributed by atoms with Gasteiger partial charge in [0.25, 0.3) is 0 Å². The first-order valence-electron chi connectivity index (χ1n) is 6.61. The zero-order chi connectivity index (χ0) is 15.0. The minimum atomic E-state index is -0.627. The van der Waals surface area contributed by atoms with Crippen LogP contribution in [0.2, 0.25) is 0 Å². The molecule has 0 amide bonds. The summed E-state index contributed by atoms with van der Waals surface area (Å²) < 4.78 is 6.86. The summed E-state index contributed by atoms with van der Waals surface area (Å²) in [5, 5.41) is 0. The molecular formula is C15H17NO4. The standard InChI is InChI=1S/C15H17NO4/c1-5-16-9(4)11(15(19)20-6-2)12-10(16)7-8(3)13(17)14(12)18/h7H,5-6H2,1-4H3.